The van der Waals surface area contributed by atoms with Crippen LogP contribution in [0.5, 0.6) is 0 Å². The van der Waals surface area contributed by atoms with Crippen molar-refractivity contribution < 1.29 is 0 Å². The van der Waals surface area contributed by atoms with Crippen molar-refractivity contribution in [3.05, 3.63) is 18.5 Å². The van der Waals surface area contributed by atoms with Crippen molar-refractivity contribution in [2.24, 2.45) is 5.41 Å². The van der Waals surface area contributed by atoms with Gasteiger partial charge < -0.3 is 16.0 Å². The van der Waals surface area contributed by atoms with Crippen LogP contribution in [0.25, 0.3) is 11.0 Å². The predicted molar refractivity (Wildman–Crippen MR) is 82.6 cm³/mol. The van der Waals surface area contributed by atoms with Crippen LogP contribution in [-0.2, 0) is 0 Å². The van der Waals surface area contributed by atoms with Crippen molar-refractivity contribution >= 4 is 22.7 Å². The first-order chi connectivity index (χ1) is 9.37. The summed E-state index contributed by atoms with van der Waals surface area (Å²) in [5.74, 6) is 1.27. The highest BCUT2D eigenvalue weighted by Gasteiger charge is 2.19. The quantitative estimate of drug-likeness (QED) is 0.862. The van der Waals surface area contributed by atoms with Gasteiger partial charge >= 0.3 is 0 Å². The molecule has 2 heterocycles. The number of nitrogens with one attached hydrogen (secondary N) is 1. The fourth-order valence-corrected chi connectivity index (χ4v) is 2.33. The number of nitrogen functional groups attached to an aromatic ring is 1. The van der Waals surface area contributed by atoms with Crippen molar-refractivity contribution in [3.8, 4) is 0 Å². The maximum absolute atomic E-state index is 5.67. The van der Waals surface area contributed by atoms with Crippen LogP contribution in [0.3, 0.4) is 0 Å². The lowest BCUT2D eigenvalue weighted by molar-refractivity contribution is 0.254. The summed E-state index contributed by atoms with van der Waals surface area (Å²) in [5.41, 5.74) is 6.43. The van der Waals surface area contributed by atoms with Gasteiger partial charge in [0.05, 0.1) is 5.39 Å². The molecule has 0 aliphatic heterocycles. The molecule has 0 saturated heterocycles. The van der Waals surface area contributed by atoms with Crippen molar-refractivity contribution in [1.29, 1.82) is 0 Å². The van der Waals surface area contributed by atoms with Gasteiger partial charge in [0, 0.05) is 13.1 Å². The first-order valence-corrected chi connectivity index (χ1v) is 6.63. The highest BCUT2D eigenvalue weighted by atomic mass is 15.1. The largest absolute Gasteiger partial charge is 0.384 e. The topological polar surface area (TPSA) is 80.0 Å². The van der Waals surface area contributed by atoms with Gasteiger partial charge in [0.2, 0.25) is 0 Å². The fraction of sp³-hybridized carbons (Fsp3) is 0.500. The molecular weight excluding hydrogens is 252 g/mol. The molecule has 6 nitrogen and oxygen atoms in total. The van der Waals surface area contributed by atoms with Crippen LogP contribution < -0.4 is 11.1 Å². The molecule has 2 aromatic heterocycles. The van der Waals surface area contributed by atoms with E-state index in [1.165, 1.54) is 6.33 Å². The van der Waals surface area contributed by atoms with Crippen molar-refractivity contribution in [2.75, 3.05) is 38.2 Å². The summed E-state index contributed by atoms with van der Waals surface area (Å²) in [7, 11) is 4.16. The molecule has 3 N–H and O–H groups in total. The third kappa shape index (κ3) is 3.54. The maximum atomic E-state index is 5.67. The van der Waals surface area contributed by atoms with E-state index in [1.807, 2.05) is 6.07 Å². The van der Waals surface area contributed by atoms with Gasteiger partial charge in [-0.25, -0.2) is 15.0 Å². The Kier molecular flexibility index (Phi) is 4.04. The monoisotopic (exact) mass is 274 g/mol. The second-order valence-corrected chi connectivity index (χ2v) is 6.09. The number of hydrogen-bond donors (Lipinski definition) is 2. The molecule has 6 heteroatoms. The smallest absolute Gasteiger partial charge is 0.166 e. The molecule has 108 valence electrons. The molecule has 2 rings (SSSR count). The molecule has 0 spiro atoms. The normalized spacial score (nSPS) is 12.1. The molecule has 20 heavy (non-hydrogen) atoms. The number of fused-ring (bicyclic) bond motifs is 1. The summed E-state index contributed by atoms with van der Waals surface area (Å²) in [5, 5.41) is 4.29. The highest BCUT2D eigenvalue weighted by molar-refractivity contribution is 5.87. The minimum Gasteiger partial charge on any atom is -0.384 e. The minimum absolute atomic E-state index is 0.141. The number of nitrogens with two attached hydrogens (primary N) is 1. The van der Waals surface area contributed by atoms with E-state index in [0.29, 0.717) is 11.5 Å². The van der Waals surface area contributed by atoms with Crippen LogP contribution >= 0.6 is 0 Å². The van der Waals surface area contributed by atoms with Gasteiger partial charge in [0.25, 0.3) is 0 Å². The number of nitrogens with zero attached hydrogens (tertiary/aromatic N) is 4. The van der Waals surface area contributed by atoms with Crippen LogP contribution in [0.4, 0.5) is 11.6 Å². The van der Waals surface area contributed by atoms with Crippen LogP contribution in [0.15, 0.2) is 18.5 Å². The molecule has 0 radical (unpaired) electrons. The van der Waals surface area contributed by atoms with E-state index in [1.54, 1.807) is 6.07 Å². The third-order valence-electron chi connectivity index (χ3n) is 3.00. The zero-order valence-corrected chi connectivity index (χ0v) is 12.5. The average molecular weight is 274 g/mol. The van der Waals surface area contributed by atoms with Gasteiger partial charge in [0.1, 0.15) is 18.0 Å². The highest BCUT2D eigenvalue weighted by Crippen LogP contribution is 2.21. The second kappa shape index (κ2) is 5.58. The van der Waals surface area contributed by atoms with Crippen molar-refractivity contribution in [2.45, 2.75) is 13.8 Å². The lowest BCUT2D eigenvalue weighted by Gasteiger charge is -2.28. The molecule has 0 saturated carbocycles. The number of hydrogen-bond acceptors (Lipinski definition) is 6. The van der Waals surface area contributed by atoms with Crippen molar-refractivity contribution in [1.82, 2.24) is 19.9 Å². The van der Waals surface area contributed by atoms with E-state index in [0.717, 1.165) is 24.3 Å². The standard InChI is InChI=1S/C14H22N6/c1-14(2,8-20(3)4)7-16-12-10-5-6-11(15)19-13(10)18-9-17-12/h5-6,9H,7-8H2,1-4H3,(H3,15,16,17,18,19). The van der Waals surface area contributed by atoms with E-state index >= 15 is 0 Å². The Morgan fingerprint density at radius 3 is 2.70 bits per heavy atom. The van der Waals surface area contributed by atoms with E-state index in [2.05, 4.69) is 53.1 Å². The number of pyridine rings is 1. The molecule has 0 amide bonds. The molecule has 0 aromatic carbocycles. The zero-order chi connectivity index (χ0) is 14.8. The Bertz CT molecular complexity index is 593. The second-order valence-electron chi connectivity index (χ2n) is 6.09. The Hall–Kier alpha value is -1.95. The number of anilines is 2. The first kappa shape index (κ1) is 14.5. The molecule has 0 unspecified atom stereocenters. The van der Waals surface area contributed by atoms with E-state index in [9.17, 15) is 0 Å². The maximum Gasteiger partial charge on any atom is 0.166 e. The molecule has 0 atom stereocenters. The van der Waals surface area contributed by atoms with E-state index in [4.69, 9.17) is 5.73 Å². The molecule has 0 bridgehead atoms. The van der Waals surface area contributed by atoms with Gasteiger partial charge in [-0.2, -0.15) is 0 Å². The van der Waals surface area contributed by atoms with Gasteiger partial charge in [-0.3, -0.25) is 0 Å². The Labute approximate surface area is 119 Å². The Morgan fingerprint density at radius 2 is 2.00 bits per heavy atom. The Morgan fingerprint density at radius 1 is 1.25 bits per heavy atom. The summed E-state index contributed by atoms with van der Waals surface area (Å²) < 4.78 is 0. The molecular formula is C14H22N6. The molecule has 0 aliphatic carbocycles. The lowest BCUT2D eigenvalue weighted by Crippen LogP contribution is -2.34. The van der Waals surface area contributed by atoms with Gasteiger partial charge in [-0.1, -0.05) is 13.8 Å². The third-order valence-corrected chi connectivity index (χ3v) is 3.00. The van der Waals surface area contributed by atoms with E-state index in [-0.39, 0.29) is 5.41 Å². The van der Waals surface area contributed by atoms with Crippen molar-refractivity contribution in [3.63, 3.8) is 0 Å². The van der Waals surface area contributed by atoms with Gasteiger partial charge in [0.15, 0.2) is 5.65 Å². The number of aromatic nitrogens is 3. The van der Waals surface area contributed by atoms with Crippen LogP contribution in [0, 0.1) is 5.41 Å². The zero-order valence-electron chi connectivity index (χ0n) is 12.5. The van der Waals surface area contributed by atoms with Gasteiger partial charge in [-0.05, 0) is 31.6 Å². The molecule has 0 fully saturated rings. The summed E-state index contributed by atoms with van der Waals surface area (Å²) in [6.45, 7) is 6.26. The first-order valence-electron chi connectivity index (χ1n) is 6.63. The Balaban J connectivity index is 2.18. The average Bonchev–Trinajstić information content (AvgIpc) is 2.34. The number of rotatable bonds is 5. The van der Waals surface area contributed by atoms with Crippen LogP contribution in [0.2, 0.25) is 0 Å². The van der Waals surface area contributed by atoms with Crippen LogP contribution in [-0.4, -0.2) is 47.0 Å². The molecule has 0 aliphatic rings. The summed E-state index contributed by atoms with van der Waals surface area (Å²) >= 11 is 0. The molecule has 2 aromatic rings. The SMILES string of the molecule is CN(C)CC(C)(C)CNc1ncnc2nc(N)ccc12. The minimum atomic E-state index is 0.141. The predicted octanol–water partition coefficient (Wildman–Crippen LogP) is 1.61. The van der Waals surface area contributed by atoms with E-state index < -0.39 is 0 Å². The fourth-order valence-electron chi connectivity index (χ4n) is 2.33. The summed E-state index contributed by atoms with van der Waals surface area (Å²) in [6.07, 6.45) is 1.51. The summed E-state index contributed by atoms with van der Waals surface area (Å²) in [6, 6.07) is 3.67. The van der Waals surface area contributed by atoms with Crippen LogP contribution in [0.1, 0.15) is 13.8 Å². The summed E-state index contributed by atoms with van der Waals surface area (Å²) in [4.78, 5) is 14.8. The van der Waals surface area contributed by atoms with Gasteiger partial charge in [-0.15, -0.1) is 0 Å². The lowest BCUT2D eigenvalue weighted by atomic mass is 9.93.